The number of hydrogen-bond donors (Lipinski definition) is 2. The van der Waals surface area contributed by atoms with Gasteiger partial charge in [-0.3, -0.25) is 4.79 Å². The van der Waals surface area contributed by atoms with Crippen LogP contribution in [0.4, 0.5) is 5.82 Å². The van der Waals surface area contributed by atoms with Gasteiger partial charge in [0.05, 0.1) is 29.0 Å². The maximum Gasteiger partial charge on any atom is 0.251 e. The molecule has 3 N–H and O–H groups in total. The average molecular weight is 384 g/mol. The predicted octanol–water partition coefficient (Wildman–Crippen LogP) is 3.25. The molecule has 0 unspecified atom stereocenters. The standard InChI is InChI=1S/C22H20N6O/c23-13-15-7-9-16(10-8-15)22(29)25-11-3-4-12-28-14-26-19-20(28)17-5-1-2-6-18(17)27-21(19)24/h1-2,5-10,14H,3-4,11-12H2,(H2,24,27)(H,25,29). The summed E-state index contributed by atoms with van der Waals surface area (Å²) in [4.78, 5) is 21.0. The van der Waals surface area contributed by atoms with Crippen molar-refractivity contribution < 1.29 is 4.79 Å². The molecule has 0 fully saturated rings. The van der Waals surface area contributed by atoms with Gasteiger partial charge in [-0.2, -0.15) is 5.26 Å². The lowest BCUT2D eigenvalue weighted by atomic mass is 10.1. The van der Waals surface area contributed by atoms with Gasteiger partial charge in [-0.05, 0) is 43.2 Å². The number of rotatable bonds is 6. The Morgan fingerprint density at radius 3 is 2.72 bits per heavy atom. The first-order valence-corrected chi connectivity index (χ1v) is 9.45. The minimum atomic E-state index is -0.132. The number of unbranched alkanes of at least 4 members (excludes halogenated alkanes) is 1. The molecule has 0 spiro atoms. The molecule has 7 nitrogen and oxygen atoms in total. The van der Waals surface area contributed by atoms with Gasteiger partial charge in [0, 0.05) is 24.0 Å². The lowest BCUT2D eigenvalue weighted by Gasteiger charge is -2.08. The Labute approximate surface area is 167 Å². The van der Waals surface area contributed by atoms with Gasteiger partial charge in [0.1, 0.15) is 5.52 Å². The van der Waals surface area contributed by atoms with Crippen molar-refractivity contribution in [3.05, 3.63) is 66.0 Å². The molecular weight excluding hydrogens is 364 g/mol. The number of nitriles is 1. The van der Waals surface area contributed by atoms with Crippen LogP contribution in [0, 0.1) is 11.3 Å². The van der Waals surface area contributed by atoms with Crippen molar-refractivity contribution in [3.8, 4) is 6.07 Å². The van der Waals surface area contributed by atoms with Crippen LogP contribution in [0.25, 0.3) is 21.9 Å². The van der Waals surface area contributed by atoms with Crippen LogP contribution in [0.1, 0.15) is 28.8 Å². The Morgan fingerprint density at radius 1 is 1.14 bits per heavy atom. The number of aromatic nitrogens is 3. The van der Waals surface area contributed by atoms with Crippen molar-refractivity contribution >= 4 is 33.7 Å². The highest BCUT2D eigenvalue weighted by atomic mass is 16.1. The third-order valence-electron chi connectivity index (χ3n) is 4.87. The van der Waals surface area contributed by atoms with E-state index in [1.807, 2.05) is 30.3 Å². The van der Waals surface area contributed by atoms with Gasteiger partial charge in [0.25, 0.3) is 5.91 Å². The van der Waals surface area contributed by atoms with Gasteiger partial charge < -0.3 is 15.6 Å². The average Bonchev–Trinajstić information content (AvgIpc) is 3.18. The molecule has 0 aliphatic heterocycles. The number of hydrogen-bond acceptors (Lipinski definition) is 5. The summed E-state index contributed by atoms with van der Waals surface area (Å²) >= 11 is 0. The number of pyridine rings is 1. The van der Waals surface area contributed by atoms with Crippen molar-refractivity contribution in [3.63, 3.8) is 0 Å². The molecule has 4 aromatic rings. The number of anilines is 1. The van der Waals surface area contributed by atoms with Crippen LogP contribution in [0.3, 0.4) is 0 Å². The SMILES string of the molecule is N#Cc1ccc(C(=O)NCCCCn2cnc3c(N)nc4ccccc4c32)cc1. The Hall–Kier alpha value is -3.92. The van der Waals surface area contributed by atoms with Crippen LogP contribution in [-0.2, 0) is 6.54 Å². The second-order valence-electron chi connectivity index (χ2n) is 6.80. The normalized spacial score (nSPS) is 10.9. The molecule has 0 aliphatic carbocycles. The van der Waals surface area contributed by atoms with Gasteiger partial charge >= 0.3 is 0 Å². The minimum absolute atomic E-state index is 0.132. The second kappa shape index (κ2) is 7.98. The van der Waals surface area contributed by atoms with Crippen LogP contribution in [0.2, 0.25) is 0 Å². The van der Waals surface area contributed by atoms with E-state index in [1.54, 1.807) is 30.6 Å². The summed E-state index contributed by atoms with van der Waals surface area (Å²) in [6.45, 7) is 1.35. The summed E-state index contributed by atoms with van der Waals surface area (Å²) in [5.41, 5.74) is 9.73. The molecule has 0 aliphatic rings. The van der Waals surface area contributed by atoms with E-state index >= 15 is 0 Å². The van der Waals surface area contributed by atoms with E-state index in [-0.39, 0.29) is 5.91 Å². The smallest absolute Gasteiger partial charge is 0.251 e. The van der Waals surface area contributed by atoms with Crippen LogP contribution >= 0.6 is 0 Å². The number of para-hydroxylation sites is 1. The molecular formula is C22H20N6O. The number of carbonyl (C=O) groups excluding carboxylic acids is 1. The number of nitrogens with zero attached hydrogens (tertiary/aromatic N) is 4. The summed E-state index contributed by atoms with van der Waals surface area (Å²) in [6, 6.07) is 16.5. The van der Waals surface area contributed by atoms with Gasteiger partial charge in [-0.1, -0.05) is 18.2 Å². The zero-order chi connectivity index (χ0) is 20.2. The first-order valence-electron chi connectivity index (χ1n) is 9.45. The lowest BCUT2D eigenvalue weighted by molar-refractivity contribution is 0.0953. The molecule has 29 heavy (non-hydrogen) atoms. The fourth-order valence-electron chi connectivity index (χ4n) is 3.38. The van der Waals surface area contributed by atoms with E-state index in [4.69, 9.17) is 11.0 Å². The third kappa shape index (κ3) is 3.73. The van der Waals surface area contributed by atoms with Crippen molar-refractivity contribution in [2.45, 2.75) is 19.4 Å². The molecule has 0 atom stereocenters. The number of aryl methyl sites for hydroxylation is 1. The van der Waals surface area contributed by atoms with Crippen molar-refractivity contribution in [1.29, 1.82) is 5.26 Å². The number of amides is 1. The minimum Gasteiger partial charge on any atom is -0.382 e. The first-order chi connectivity index (χ1) is 14.2. The van der Waals surface area contributed by atoms with Crippen LogP contribution in [0.5, 0.6) is 0 Å². The van der Waals surface area contributed by atoms with E-state index < -0.39 is 0 Å². The number of carbonyl (C=O) groups is 1. The molecule has 2 heterocycles. The number of benzene rings is 2. The maximum absolute atomic E-state index is 12.2. The molecule has 144 valence electrons. The van der Waals surface area contributed by atoms with Crippen LogP contribution in [0.15, 0.2) is 54.9 Å². The summed E-state index contributed by atoms with van der Waals surface area (Å²) in [5.74, 6) is 0.305. The van der Waals surface area contributed by atoms with Gasteiger partial charge in [-0.25, -0.2) is 9.97 Å². The number of nitrogen functional groups attached to an aromatic ring is 1. The number of imidazole rings is 1. The molecule has 1 amide bonds. The van der Waals surface area contributed by atoms with E-state index in [2.05, 4.69) is 19.9 Å². The van der Waals surface area contributed by atoms with Crippen molar-refractivity contribution in [2.75, 3.05) is 12.3 Å². The fourth-order valence-corrected chi connectivity index (χ4v) is 3.38. The van der Waals surface area contributed by atoms with Crippen LogP contribution in [-0.4, -0.2) is 27.0 Å². The summed E-state index contributed by atoms with van der Waals surface area (Å²) in [6.07, 6.45) is 3.51. The lowest BCUT2D eigenvalue weighted by Crippen LogP contribution is -2.24. The highest BCUT2D eigenvalue weighted by Crippen LogP contribution is 2.27. The molecule has 7 heteroatoms. The Morgan fingerprint density at radius 2 is 1.93 bits per heavy atom. The summed E-state index contributed by atoms with van der Waals surface area (Å²) in [5, 5.41) is 12.8. The molecule has 0 saturated heterocycles. The second-order valence-corrected chi connectivity index (χ2v) is 6.80. The third-order valence-corrected chi connectivity index (χ3v) is 4.87. The highest BCUT2D eigenvalue weighted by Gasteiger charge is 2.12. The van der Waals surface area contributed by atoms with Gasteiger partial charge in [0.2, 0.25) is 0 Å². The highest BCUT2D eigenvalue weighted by molar-refractivity contribution is 6.06. The monoisotopic (exact) mass is 384 g/mol. The quantitative estimate of drug-likeness (QED) is 0.496. The molecule has 2 aromatic heterocycles. The molecule has 0 radical (unpaired) electrons. The van der Waals surface area contributed by atoms with E-state index in [1.165, 1.54) is 0 Å². The van der Waals surface area contributed by atoms with Crippen molar-refractivity contribution in [2.24, 2.45) is 0 Å². The fraction of sp³-hybridized carbons (Fsp3) is 0.182. The molecule has 2 aromatic carbocycles. The van der Waals surface area contributed by atoms with Gasteiger partial charge in [0.15, 0.2) is 5.82 Å². The summed E-state index contributed by atoms with van der Waals surface area (Å²) < 4.78 is 2.10. The Bertz CT molecular complexity index is 1220. The van der Waals surface area contributed by atoms with Crippen LogP contribution < -0.4 is 11.1 Å². The van der Waals surface area contributed by atoms with Crippen molar-refractivity contribution in [1.82, 2.24) is 19.9 Å². The van der Waals surface area contributed by atoms with E-state index in [0.717, 1.165) is 41.3 Å². The van der Waals surface area contributed by atoms with E-state index in [9.17, 15) is 4.79 Å². The number of nitrogens with two attached hydrogens (primary N) is 1. The Balaban J connectivity index is 1.37. The number of nitrogens with one attached hydrogen (secondary N) is 1. The summed E-state index contributed by atoms with van der Waals surface area (Å²) in [7, 11) is 0. The maximum atomic E-state index is 12.2. The largest absolute Gasteiger partial charge is 0.382 e. The zero-order valence-electron chi connectivity index (χ0n) is 15.8. The Kier molecular flexibility index (Phi) is 5.08. The molecule has 0 bridgehead atoms. The number of fused-ring (bicyclic) bond motifs is 3. The van der Waals surface area contributed by atoms with E-state index in [0.29, 0.717) is 23.5 Å². The molecule has 0 saturated carbocycles. The molecule has 4 rings (SSSR count). The predicted molar refractivity (Wildman–Crippen MR) is 112 cm³/mol. The topological polar surface area (TPSA) is 110 Å². The zero-order valence-corrected chi connectivity index (χ0v) is 15.8. The van der Waals surface area contributed by atoms with Gasteiger partial charge in [-0.15, -0.1) is 0 Å². The first kappa shape index (κ1) is 18.4.